The highest BCUT2D eigenvalue weighted by molar-refractivity contribution is 5.73. The third-order valence-electron chi connectivity index (χ3n) is 5.02. The second-order valence-electron chi connectivity index (χ2n) is 7.46. The van der Waals surface area contributed by atoms with Crippen molar-refractivity contribution in [1.29, 1.82) is 0 Å². The average molecular weight is 500 g/mol. The van der Waals surface area contributed by atoms with Gasteiger partial charge in [-0.1, -0.05) is 13.0 Å². The summed E-state index contributed by atoms with van der Waals surface area (Å²) in [7, 11) is 2.24. The number of aliphatic carboxylic acids is 2. The van der Waals surface area contributed by atoms with Gasteiger partial charge in [0.2, 0.25) is 0 Å². The first kappa shape index (κ1) is 29.2. The molecule has 0 bridgehead atoms. The first-order valence-corrected chi connectivity index (χ1v) is 10.0. The minimum atomic E-state index is -5.08. The average Bonchev–Trinajstić information content (AvgIpc) is 3.04. The van der Waals surface area contributed by atoms with Crippen LogP contribution in [0.2, 0.25) is 0 Å². The quantitative estimate of drug-likeness (QED) is 0.624. The van der Waals surface area contributed by atoms with Crippen molar-refractivity contribution in [2.45, 2.75) is 45.2 Å². The van der Waals surface area contributed by atoms with E-state index in [2.05, 4.69) is 64.5 Å². The molecule has 3 heterocycles. The van der Waals surface area contributed by atoms with E-state index in [0.29, 0.717) is 6.04 Å². The molecule has 0 spiro atoms. The monoisotopic (exact) mass is 500 g/mol. The molecule has 192 valence electrons. The molecule has 34 heavy (non-hydrogen) atoms. The maximum atomic E-state index is 10.6. The number of rotatable bonds is 3. The number of pyridine rings is 1. The van der Waals surface area contributed by atoms with E-state index >= 15 is 0 Å². The van der Waals surface area contributed by atoms with Gasteiger partial charge >= 0.3 is 24.3 Å². The van der Waals surface area contributed by atoms with Crippen molar-refractivity contribution in [3.8, 4) is 0 Å². The Morgan fingerprint density at radius 2 is 1.59 bits per heavy atom. The van der Waals surface area contributed by atoms with Gasteiger partial charge in [0.15, 0.2) is 0 Å². The predicted molar refractivity (Wildman–Crippen MR) is 109 cm³/mol. The number of aromatic nitrogens is 2. The minimum absolute atomic E-state index is 0.684. The van der Waals surface area contributed by atoms with E-state index in [1.807, 2.05) is 0 Å². The highest BCUT2D eigenvalue weighted by Gasteiger charge is 2.38. The fourth-order valence-electron chi connectivity index (χ4n) is 3.16. The van der Waals surface area contributed by atoms with Crippen molar-refractivity contribution in [2.75, 3.05) is 26.7 Å². The highest BCUT2D eigenvalue weighted by atomic mass is 19.4. The molecule has 2 N–H and O–H groups in total. The second kappa shape index (κ2) is 12.0. The molecule has 0 radical (unpaired) electrons. The van der Waals surface area contributed by atoms with Crippen LogP contribution in [0.15, 0.2) is 24.4 Å². The fourth-order valence-corrected chi connectivity index (χ4v) is 3.16. The van der Waals surface area contributed by atoms with Crippen LogP contribution in [-0.2, 0) is 16.1 Å². The zero-order valence-electron chi connectivity index (χ0n) is 18.7. The van der Waals surface area contributed by atoms with E-state index in [9.17, 15) is 26.3 Å². The molecule has 3 rings (SSSR count). The lowest BCUT2D eigenvalue weighted by Crippen LogP contribution is -2.50. The van der Waals surface area contributed by atoms with E-state index in [1.54, 1.807) is 0 Å². The number of carboxylic acids is 2. The molecular formula is C20H26F6N4O4. The standard InChI is InChI=1S/C16H24N4.2C2HF3O2/c1-4-14-11-19(10-9-18(14)3)12-15-13(2)17-16-7-5-6-8-20(15)16;2*3-2(4,5)1(6)7/h5-8,14H,4,9-12H2,1-3H3;2*(H,6,7). The summed E-state index contributed by atoms with van der Waals surface area (Å²) in [6.45, 7) is 8.87. The first-order chi connectivity index (χ1) is 15.6. The number of imidazole rings is 1. The van der Waals surface area contributed by atoms with E-state index in [4.69, 9.17) is 19.8 Å². The molecule has 0 saturated carbocycles. The number of hydrogen-bond acceptors (Lipinski definition) is 5. The van der Waals surface area contributed by atoms with Crippen molar-refractivity contribution in [3.63, 3.8) is 0 Å². The number of piperazine rings is 1. The van der Waals surface area contributed by atoms with Gasteiger partial charge < -0.3 is 19.5 Å². The van der Waals surface area contributed by atoms with Crippen molar-refractivity contribution in [3.05, 3.63) is 35.8 Å². The second-order valence-corrected chi connectivity index (χ2v) is 7.46. The van der Waals surface area contributed by atoms with E-state index in [-0.39, 0.29) is 0 Å². The summed E-state index contributed by atoms with van der Waals surface area (Å²) in [5.74, 6) is -5.51. The van der Waals surface area contributed by atoms with Gasteiger partial charge in [0, 0.05) is 38.4 Å². The van der Waals surface area contributed by atoms with Crippen molar-refractivity contribution < 1.29 is 46.1 Å². The number of carbonyl (C=O) groups is 2. The summed E-state index contributed by atoms with van der Waals surface area (Å²) in [5.41, 5.74) is 3.55. The van der Waals surface area contributed by atoms with Crippen molar-refractivity contribution in [2.24, 2.45) is 0 Å². The van der Waals surface area contributed by atoms with Gasteiger partial charge in [0.1, 0.15) is 5.65 Å². The summed E-state index contributed by atoms with van der Waals surface area (Å²) in [6.07, 6.45) is -6.82. The number of nitrogens with zero attached hydrogens (tertiary/aromatic N) is 4. The van der Waals surface area contributed by atoms with Gasteiger partial charge in [-0.05, 0) is 32.5 Å². The third-order valence-corrected chi connectivity index (χ3v) is 5.02. The number of fused-ring (bicyclic) bond motifs is 1. The molecule has 8 nitrogen and oxygen atoms in total. The molecular weight excluding hydrogens is 474 g/mol. The van der Waals surface area contributed by atoms with Crippen LogP contribution >= 0.6 is 0 Å². The SMILES string of the molecule is CCC1CN(Cc2c(C)nc3ccccn23)CCN1C.O=C(O)C(F)(F)F.O=C(O)C(F)(F)F. The maximum Gasteiger partial charge on any atom is 0.490 e. The summed E-state index contributed by atoms with van der Waals surface area (Å²) in [6, 6.07) is 6.89. The molecule has 1 aliphatic heterocycles. The number of aryl methyl sites for hydroxylation is 1. The van der Waals surface area contributed by atoms with Crippen molar-refractivity contribution in [1.82, 2.24) is 19.2 Å². The Morgan fingerprint density at radius 3 is 2.06 bits per heavy atom. The molecule has 1 aliphatic rings. The molecule has 1 saturated heterocycles. The van der Waals surface area contributed by atoms with Crippen LogP contribution in [-0.4, -0.2) is 86.4 Å². The normalized spacial score (nSPS) is 17.4. The van der Waals surface area contributed by atoms with Gasteiger partial charge in [-0.15, -0.1) is 0 Å². The molecule has 1 atom stereocenters. The summed E-state index contributed by atoms with van der Waals surface area (Å²) >= 11 is 0. The number of likely N-dealkylation sites (N-methyl/N-ethyl adjacent to an activating group) is 1. The van der Waals surface area contributed by atoms with E-state index < -0.39 is 24.3 Å². The Kier molecular flexibility index (Phi) is 10.3. The fraction of sp³-hybridized carbons (Fsp3) is 0.550. The Morgan fingerprint density at radius 1 is 1.06 bits per heavy atom. The Bertz CT molecular complexity index is 937. The van der Waals surface area contributed by atoms with Crippen LogP contribution < -0.4 is 0 Å². The summed E-state index contributed by atoms with van der Waals surface area (Å²) < 4.78 is 65.7. The number of halogens is 6. The molecule has 1 fully saturated rings. The molecule has 2 aromatic heterocycles. The molecule has 0 aliphatic carbocycles. The highest BCUT2D eigenvalue weighted by Crippen LogP contribution is 2.18. The zero-order chi connectivity index (χ0) is 26.3. The number of alkyl halides is 6. The molecule has 14 heteroatoms. The minimum Gasteiger partial charge on any atom is -0.475 e. The number of carboxylic acid groups (broad SMARTS) is 2. The molecule has 0 amide bonds. The molecule has 0 aromatic carbocycles. The van der Waals surface area contributed by atoms with Gasteiger partial charge in [-0.2, -0.15) is 26.3 Å². The van der Waals surface area contributed by atoms with Gasteiger partial charge in [-0.25, -0.2) is 14.6 Å². The predicted octanol–water partition coefficient (Wildman–Crippen LogP) is 3.44. The number of hydrogen-bond donors (Lipinski definition) is 2. The lowest BCUT2D eigenvalue weighted by molar-refractivity contribution is -0.193. The van der Waals surface area contributed by atoms with E-state index in [1.165, 1.54) is 12.1 Å². The summed E-state index contributed by atoms with van der Waals surface area (Å²) in [4.78, 5) is 27.5. The van der Waals surface area contributed by atoms with Crippen LogP contribution in [0.4, 0.5) is 26.3 Å². The summed E-state index contributed by atoms with van der Waals surface area (Å²) in [5, 5.41) is 14.2. The Hall–Kier alpha value is -2.87. The lowest BCUT2D eigenvalue weighted by Gasteiger charge is -2.39. The Labute approximate surface area is 191 Å². The first-order valence-electron chi connectivity index (χ1n) is 10.0. The topological polar surface area (TPSA) is 98.4 Å². The molecule has 1 unspecified atom stereocenters. The van der Waals surface area contributed by atoms with Crippen LogP contribution in [0, 0.1) is 6.92 Å². The largest absolute Gasteiger partial charge is 0.490 e. The van der Waals surface area contributed by atoms with Crippen molar-refractivity contribution >= 4 is 17.6 Å². The van der Waals surface area contributed by atoms with E-state index in [0.717, 1.165) is 37.5 Å². The van der Waals surface area contributed by atoms with Crippen LogP contribution in [0.5, 0.6) is 0 Å². The zero-order valence-corrected chi connectivity index (χ0v) is 18.7. The van der Waals surface area contributed by atoms with Crippen LogP contribution in [0.1, 0.15) is 24.7 Å². The maximum absolute atomic E-state index is 10.6. The smallest absolute Gasteiger partial charge is 0.475 e. The van der Waals surface area contributed by atoms with Gasteiger partial charge in [0.25, 0.3) is 0 Å². The van der Waals surface area contributed by atoms with Gasteiger partial charge in [-0.3, -0.25) is 4.90 Å². The third kappa shape index (κ3) is 8.82. The van der Waals surface area contributed by atoms with Crippen LogP contribution in [0.3, 0.4) is 0 Å². The molecule has 2 aromatic rings. The lowest BCUT2D eigenvalue weighted by atomic mass is 10.1. The Balaban J connectivity index is 0.000000343. The van der Waals surface area contributed by atoms with Gasteiger partial charge in [0.05, 0.1) is 11.4 Å². The van der Waals surface area contributed by atoms with Crippen LogP contribution in [0.25, 0.3) is 5.65 Å².